The number of nitrogens with one attached hydrogen (secondary N) is 1. The number of methoxy groups -OCH3 is 2. The van der Waals surface area contributed by atoms with Gasteiger partial charge in [-0.2, -0.15) is 0 Å². The van der Waals surface area contributed by atoms with Crippen molar-refractivity contribution in [2.45, 2.75) is 6.42 Å². The first kappa shape index (κ1) is 19.9. The van der Waals surface area contributed by atoms with Crippen LogP contribution in [0.1, 0.15) is 16.9 Å². The molecular formula is C20H27N5O3. The van der Waals surface area contributed by atoms with Crippen molar-refractivity contribution in [3.05, 3.63) is 42.4 Å². The van der Waals surface area contributed by atoms with E-state index in [0.29, 0.717) is 31.2 Å². The number of carbonyl (C=O) groups excluding carboxylic acids is 1. The molecule has 0 atom stereocenters. The Hall–Kier alpha value is -2.87. The van der Waals surface area contributed by atoms with Crippen LogP contribution in [0.3, 0.4) is 0 Å². The fourth-order valence-electron chi connectivity index (χ4n) is 3.09. The molecule has 0 radical (unpaired) electrons. The topological polar surface area (TPSA) is 79.8 Å². The van der Waals surface area contributed by atoms with Crippen molar-refractivity contribution in [3.8, 4) is 5.75 Å². The Kier molecular flexibility index (Phi) is 7.02. The highest BCUT2D eigenvalue weighted by atomic mass is 16.5. The number of hydrogen-bond acceptors (Lipinski definition) is 7. The molecule has 0 saturated carbocycles. The van der Waals surface area contributed by atoms with Crippen LogP contribution >= 0.6 is 0 Å². The third kappa shape index (κ3) is 5.10. The van der Waals surface area contributed by atoms with Crippen LogP contribution < -0.4 is 15.0 Å². The van der Waals surface area contributed by atoms with Gasteiger partial charge in [0.1, 0.15) is 17.3 Å². The lowest BCUT2D eigenvalue weighted by atomic mass is 10.2. The van der Waals surface area contributed by atoms with Crippen LogP contribution in [0.2, 0.25) is 0 Å². The van der Waals surface area contributed by atoms with Crippen LogP contribution in [0.15, 0.2) is 36.7 Å². The maximum Gasteiger partial charge on any atom is 0.274 e. The van der Waals surface area contributed by atoms with Crippen molar-refractivity contribution in [2.75, 3.05) is 63.8 Å². The lowest BCUT2D eigenvalue weighted by Gasteiger charge is -2.36. The molecule has 3 rings (SSSR count). The normalized spacial score (nSPS) is 14.1. The summed E-state index contributed by atoms with van der Waals surface area (Å²) >= 11 is 0. The van der Waals surface area contributed by atoms with E-state index in [1.54, 1.807) is 20.4 Å². The maximum atomic E-state index is 12.7. The second-order valence-corrected chi connectivity index (χ2v) is 6.54. The Morgan fingerprint density at radius 3 is 2.43 bits per heavy atom. The van der Waals surface area contributed by atoms with Crippen LogP contribution in [-0.2, 0) is 4.74 Å². The van der Waals surface area contributed by atoms with Gasteiger partial charge < -0.3 is 24.6 Å². The molecule has 1 N–H and O–H groups in total. The maximum absolute atomic E-state index is 12.7. The molecule has 1 aliphatic rings. The van der Waals surface area contributed by atoms with E-state index < -0.39 is 0 Å². The van der Waals surface area contributed by atoms with Gasteiger partial charge in [-0.25, -0.2) is 9.97 Å². The predicted molar refractivity (Wildman–Crippen MR) is 108 cm³/mol. The SMILES string of the molecule is COCCCNc1cnc(C(=O)N2CCN(c3ccc(OC)cc3)CC2)cn1. The minimum absolute atomic E-state index is 0.0761. The van der Waals surface area contributed by atoms with Gasteiger partial charge in [-0.3, -0.25) is 4.79 Å². The molecular weight excluding hydrogens is 358 g/mol. The summed E-state index contributed by atoms with van der Waals surface area (Å²) in [5.41, 5.74) is 1.51. The van der Waals surface area contributed by atoms with E-state index in [1.807, 2.05) is 29.2 Å². The molecule has 2 aromatic rings. The molecule has 1 fully saturated rings. The smallest absolute Gasteiger partial charge is 0.274 e. The third-order valence-corrected chi connectivity index (χ3v) is 4.71. The summed E-state index contributed by atoms with van der Waals surface area (Å²) in [5, 5.41) is 3.16. The van der Waals surface area contributed by atoms with E-state index in [4.69, 9.17) is 9.47 Å². The van der Waals surface area contributed by atoms with Crippen LogP contribution in [0.4, 0.5) is 11.5 Å². The number of anilines is 2. The average Bonchev–Trinajstić information content (AvgIpc) is 2.77. The van der Waals surface area contributed by atoms with E-state index in [0.717, 1.165) is 37.5 Å². The molecule has 1 amide bonds. The van der Waals surface area contributed by atoms with Gasteiger partial charge in [0.25, 0.3) is 5.91 Å². The first-order chi connectivity index (χ1) is 13.7. The lowest BCUT2D eigenvalue weighted by molar-refractivity contribution is 0.0740. The Bertz CT molecular complexity index is 743. The molecule has 2 heterocycles. The van der Waals surface area contributed by atoms with E-state index in [-0.39, 0.29) is 5.91 Å². The van der Waals surface area contributed by atoms with Crippen molar-refractivity contribution in [3.63, 3.8) is 0 Å². The Morgan fingerprint density at radius 1 is 1.07 bits per heavy atom. The minimum Gasteiger partial charge on any atom is -0.497 e. The summed E-state index contributed by atoms with van der Waals surface area (Å²) in [6.07, 6.45) is 4.03. The third-order valence-electron chi connectivity index (χ3n) is 4.71. The number of amides is 1. The summed E-state index contributed by atoms with van der Waals surface area (Å²) in [6.45, 7) is 4.32. The van der Waals surface area contributed by atoms with Crippen LogP contribution in [-0.4, -0.2) is 74.3 Å². The van der Waals surface area contributed by atoms with Crippen LogP contribution in [0, 0.1) is 0 Å². The highest BCUT2D eigenvalue weighted by molar-refractivity contribution is 5.92. The molecule has 1 saturated heterocycles. The summed E-state index contributed by atoms with van der Waals surface area (Å²) in [7, 11) is 3.34. The highest BCUT2D eigenvalue weighted by Crippen LogP contribution is 2.21. The standard InChI is InChI=1S/C20H27N5O3/c1-27-13-3-8-21-19-15-22-18(14-23-19)20(26)25-11-9-24(10-12-25)16-4-6-17(28-2)7-5-16/h4-7,14-15H,3,8-13H2,1-2H3,(H,21,23). The number of ether oxygens (including phenoxy) is 2. The van der Waals surface area contributed by atoms with Crippen LogP contribution in [0.5, 0.6) is 5.75 Å². The summed E-state index contributed by atoms with van der Waals surface area (Å²) in [5.74, 6) is 1.43. The van der Waals surface area contributed by atoms with Gasteiger partial charge in [0, 0.05) is 52.1 Å². The summed E-state index contributed by atoms with van der Waals surface area (Å²) in [4.78, 5) is 25.3. The molecule has 28 heavy (non-hydrogen) atoms. The lowest BCUT2D eigenvalue weighted by Crippen LogP contribution is -2.49. The molecule has 150 valence electrons. The van der Waals surface area contributed by atoms with Gasteiger partial charge in [0.15, 0.2) is 0 Å². The number of piperazine rings is 1. The Morgan fingerprint density at radius 2 is 1.82 bits per heavy atom. The molecule has 0 bridgehead atoms. The number of nitrogens with zero attached hydrogens (tertiary/aromatic N) is 4. The molecule has 1 aromatic carbocycles. The van der Waals surface area contributed by atoms with Crippen LogP contribution in [0.25, 0.3) is 0 Å². The highest BCUT2D eigenvalue weighted by Gasteiger charge is 2.23. The number of benzene rings is 1. The second-order valence-electron chi connectivity index (χ2n) is 6.54. The van der Waals surface area contributed by atoms with E-state index in [9.17, 15) is 4.79 Å². The monoisotopic (exact) mass is 385 g/mol. The zero-order valence-electron chi connectivity index (χ0n) is 16.4. The van der Waals surface area contributed by atoms with Crippen molar-refractivity contribution in [2.24, 2.45) is 0 Å². The van der Waals surface area contributed by atoms with E-state index in [1.165, 1.54) is 6.20 Å². The fraction of sp³-hybridized carbons (Fsp3) is 0.450. The summed E-state index contributed by atoms with van der Waals surface area (Å²) < 4.78 is 10.2. The van der Waals surface area contributed by atoms with Gasteiger partial charge in [-0.15, -0.1) is 0 Å². The largest absolute Gasteiger partial charge is 0.497 e. The summed E-state index contributed by atoms with van der Waals surface area (Å²) in [6, 6.07) is 7.99. The van der Waals surface area contributed by atoms with Crippen molar-refractivity contribution < 1.29 is 14.3 Å². The van der Waals surface area contributed by atoms with Gasteiger partial charge >= 0.3 is 0 Å². The van der Waals surface area contributed by atoms with E-state index in [2.05, 4.69) is 20.2 Å². The predicted octanol–water partition coefficient (Wildman–Crippen LogP) is 1.90. The number of hydrogen-bond donors (Lipinski definition) is 1. The Balaban J connectivity index is 1.50. The van der Waals surface area contributed by atoms with E-state index >= 15 is 0 Å². The number of rotatable bonds is 8. The molecule has 1 aliphatic heterocycles. The van der Waals surface area contributed by atoms with Crippen molar-refractivity contribution in [1.82, 2.24) is 14.9 Å². The van der Waals surface area contributed by atoms with Gasteiger partial charge in [0.05, 0.1) is 19.5 Å². The van der Waals surface area contributed by atoms with Gasteiger partial charge in [0.2, 0.25) is 0 Å². The quantitative estimate of drug-likeness (QED) is 0.695. The fourth-order valence-corrected chi connectivity index (χ4v) is 3.09. The molecule has 8 nitrogen and oxygen atoms in total. The first-order valence-electron chi connectivity index (χ1n) is 9.44. The van der Waals surface area contributed by atoms with Gasteiger partial charge in [-0.1, -0.05) is 0 Å². The van der Waals surface area contributed by atoms with Gasteiger partial charge in [-0.05, 0) is 30.7 Å². The van der Waals surface area contributed by atoms with Crippen molar-refractivity contribution in [1.29, 1.82) is 0 Å². The molecule has 0 spiro atoms. The number of carbonyl (C=O) groups is 1. The first-order valence-corrected chi connectivity index (χ1v) is 9.44. The molecule has 0 unspecified atom stereocenters. The zero-order valence-corrected chi connectivity index (χ0v) is 16.4. The molecule has 1 aromatic heterocycles. The molecule has 8 heteroatoms. The number of aromatic nitrogens is 2. The second kappa shape index (κ2) is 9.89. The average molecular weight is 385 g/mol. The zero-order chi connectivity index (χ0) is 19.8. The van der Waals surface area contributed by atoms with Crippen molar-refractivity contribution >= 4 is 17.4 Å². The Labute approximate surface area is 165 Å². The minimum atomic E-state index is -0.0761. The molecule has 0 aliphatic carbocycles.